The highest BCUT2D eigenvalue weighted by Crippen LogP contribution is 2.23. The second-order valence-electron chi connectivity index (χ2n) is 4.07. The van der Waals surface area contributed by atoms with Gasteiger partial charge in [0, 0.05) is 11.8 Å². The van der Waals surface area contributed by atoms with Gasteiger partial charge in [-0.25, -0.2) is 0 Å². The number of H-pyrrole nitrogens is 1. The summed E-state index contributed by atoms with van der Waals surface area (Å²) >= 11 is 7.25. The zero-order valence-electron chi connectivity index (χ0n) is 9.78. The molecule has 1 aromatic heterocycles. The molecule has 16 heavy (non-hydrogen) atoms. The summed E-state index contributed by atoms with van der Waals surface area (Å²) in [7, 11) is 0. The molecule has 86 valence electrons. The molecular formula is C12H16N2S2. The number of aryl methyl sites for hydroxylation is 1. The first-order valence-corrected chi connectivity index (χ1v) is 7.14. The second kappa shape index (κ2) is 4.63. The molecule has 1 N–H and O–H groups in total. The molecule has 0 amide bonds. The van der Waals surface area contributed by atoms with E-state index in [4.69, 9.17) is 12.2 Å². The van der Waals surface area contributed by atoms with Crippen molar-refractivity contribution in [3.63, 3.8) is 0 Å². The van der Waals surface area contributed by atoms with Gasteiger partial charge in [0.15, 0.2) is 4.77 Å². The molecule has 0 saturated heterocycles. The number of aromatic amines is 1. The normalized spacial score (nSPS) is 13.2. The minimum atomic E-state index is 0.429. The minimum Gasteiger partial charge on any atom is -0.330 e. The van der Waals surface area contributed by atoms with Crippen molar-refractivity contribution in [1.29, 1.82) is 0 Å². The molecule has 4 heteroatoms. The van der Waals surface area contributed by atoms with Crippen LogP contribution in [0.15, 0.2) is 18.2 Å². The molecule has 2 nitrogen and oxygen atoms in total. The van der Waals surface area contributed by atoms with Crippen LogP contribution in [0.3, 0.4) is 0 Å². The zero-order chi connectivity index (χ0) is 11.7. The van der Waals surface area contributed by atoms with Gasteiger partial charge in [0.1, 0.15) is 0 Å². The molecule has 1 unspecified atom stereocenters. The van der Waals surface area contributed by atoms with E-state index in [1.54, 1.807) is 0 Å². The molecule has 0 radical (unpaired) electrons. The Morgan fingerprint density at radius 2 is 2.25 bits per heavy atom. The van der Waals surface area contributed by atoms with Crippen molar-refractivity contribution in [1.82, 2.24) is 9.55 Å². The predicted octanol–water partition coefficient (Wildman–Crippen LogP) is 3.93. The van der Waals surface area contributed by atoms with E-state index in [2.05, 4.69) is 47.9 Å². The molecule has 0 bridgehead atoms. The Bertz CT molecular complexity index is 554. The van der Waals surface area contributed by atoms with E-state index in [1.165, 1.54) is 16.6 Å². The maximum absolute atomic E-state index is 5.40. The van der Waals surface area contributed by atoms with Crippen molar-refractivity contribution in [3.05, 3.63) is 28.5 Å². The van der Waals surface area contributed by atoms with Crippen LogP contribution < -0.4 is 0 Å². The molecule has 1 atom stereocenters. The Morgan fingerprint density at radius 1 is 1.50 bits per heavy atom. The fourth-order valence-electron chi connectivity index (χ4n) is 2.05. The number of thioether (sulfide) groups is 1. The van der Waals surface area contributed by atoms with Crippen LogP contribution in [-0.4, -0.2) is 21.6 Å². The SMILES string of the molecule is CSCC(C)n1c(=S)[nH]c2c(C)cccc21. The number of fused-ring (bicyclic) bond motifs is 1. The van der Waals surface area contributed by atoms with Crippen molar-refractivity contribution < 1.29 is 0 Å². The van der Waals surface area contributed by atoms with E-state index in [9.17, 15) is 0 Å². The number of hydrogen-bond donors (Lipinski definition) is 1. The van der Waals surface area contributed by atoms with Crippen LogP contribution in [0, 0.1) is 11.7 Å². The number of para-hydroxylation sites is 1. The quantitative estimate of drug-likeness (QED) is 0.835. The summed E-state index contributed by atoms with van der Waals surface area (Å²) in [5, 5.41) is 0. The number of rotatable bonds is 3. The number of hydrogen-bond acceptors (Lipinski definition) is 2. The summed E-state index contributed by atoms with van der Waals surface area (Å²) in [5.41, 5.74) is 3.63. The van der Waals surface area contributed by atoms with Gasteiger partial charge in [-0.05, 0) is 44.0 Å². The summed E-state index contributed by atoms with van der Waals surface area (Å²) in [6, 6.07) is 6.75. The third kappa shape index (κ3) is 1.92. The van der Waals surface area contributed by atoms with Gasteiger partial charge in [0.2, 0.25) is 0 Å². The van der Waals surface area contributed by atoms with Crippen molar-refractivity contribution in [2.24, 2.45) is 0 Å². The highest BCUT2D eigenvalue weighted by molar-refractivity contribution is 7.98. The predicted molar refractivity (Wildman–Crippen MR) is 75.0 cm³/mol. The standard InChI is InChI=1S/C12H16N2S2/c1-8-5-4-6-10-11(8)13-12(15)14(10)9(2)7-16-3/h4-6,9H,7H2,1-3H3,(H,13,15). The Balaban J connectivity index is 2.65. The van der Waals surface area contributed by atoms with Crippen LogP contribution >= 0.6 is 24.0 Å². The summed E-state index contributed by atoms with van der Waals surface area (Å²) in [5.74, 6) is 1.08. The van der Waals surface area contributed by atoms with E-state index in [-0.39, 0.29) is 0 Å². The average Bonchev–Trinajstić information content (AvgIpc) is 2.56. The summed E-state index contributed by atoms with van der Waals surface area (Å²) in [6.45, 7) is 4.32. The molecule has 0 spiro atoms. The van der Waals surface area contributed by atoms with E-state index < -0.39 is 0 Å². The van der Waals surface area contributed by atoms with Gasteiger partial charge in [0.05, 0.1) is 11.0 Å². The number of imidazole rings is 1. The lowest BCUT2D eigenvalue weighted by molar-refractivity contribution is 0.620. The zero-order valence-corrected chi connectivity index (χ0v) is 11.4. The molecule has 2 rings (SSSR count). The van der Waals surface area contributed by atoms with Crippen molar-refractivity contribution in [2.75, 3.05) is 12.0 Å². The average molecular weight is 252 g/mol. The van der Waals surface area contributed by atoms with E-state index in [0.29, 0.717) is 6.04 Å². The van der Waals surface area contributed by atoms with Crippen LogP contribution in [0.5, 0.6) is 0 Å². The monoisotopic (exact) mass is 252 g/mol. The van der Waals surface area contributed by atoms with Gasteiger partial charge in [0.25, 0.3) is 0 Å². The molecule has 1 heterocycles. The van der Waals surface area contributed by atoms with E-state index >= 15 is 0 Å². The molecule has 1 aromatic carbocycles. The van der Waals surface area contributed by atoms with E-state index in [1.807, 2.05) is 11.8 Å². The molecule has 0 aliphatic carbocycles. The van der Waals surface area contributed by atoms with Crippen LogP contribution in [-0.2, 0) is 0 Å². The second-order valence-corrected chi connectivity index (χ2v) is 5.37. The third-order valence-corrected chi connectivity index (χ3v) is 3.92. The van der Waals surface area contributed by atoms with Crippen molar-refractivity contribution >= 4 is 35.0 Å². The van der Waals surface area contributed by atoms with Crippen LogP contribution in [0.2, 0.25) is 0 Å². The maximum atomic E-state index is 5.40. The van der Waals surface area contributed by atoms with Gasteiger partial charge in [-0.1, -0.05) is 12.1 Å². The van der Waals surface area contributed by atoms with Gasteiger partial charge in [-0.3, -0.25) is 0 Å². The van der Waals surface area contributed by atoms with Crippen LogP contribution in [0.25, 0.3) is 11.0 Å². The Hall–Kier alpha value is -0.740. The smallest absolute Gasteiger partial charge is 0.178 e. The Kier molecular flexibility index (Phi) is 3.40. The molecule has 0 aliphatic rings. The largest absolute Gasteiger partial charge is 0.330 e. The number of nitrogens with one attached hydrogen (secondary N) is 1. The number of nitrogens with zero attached hydrogens (tertiary/aromatic N) is 1. The summed E-state index contributed by atoms with van der Waals surface area (Å²) < 4.78 is 3.04. The van der Waals surface area contributed by atoms with Gasteiger partial charge in [-0.2, -0.15) is 11.8 Å². The van der Waals surface area contributed by atoms with Gasteiger partial charge in [-0.15, -0.1) is 0 Å². The lowest BCUT2D eigenvalue weighted by atomic mass is 10.2. The molecule has 2 aromatic rings. The first kappa shape index (κ1) is 11.7. The van der Waals surface area contributed by atoms with Crippen molar-refractivity contribution in [3.8, 4) is 0 Å². The lowest BCUT2D eigenvalue weighted by Crippen LogP contribution is -2.07. The topological polar surface area (TPSA) is 20.7 Å². The third-order valence-electron chi connectivity index (χ3n) is 2.81. The molecule has 0 aliphatic heterocycles. The highest BCUT2D eigenvalue weighted by Gasteiger charge is 2.11. The fourth-order valence-corrected chi connectivity index (χ4v) is 3.06. The summed E-state index contributed by atoms with van der Waals surface area (Å²) in [6.07, 6.45) is 2.13. The van der Waals surface area contributed by atoms with E-state index in [0.717, 1.165) is 10.5 Å². The Labute approximate surface area is 105 Å². The van der Waals surface area contributed by atoms with Crippen molar-refractivity contribution in [2.45, 2.75) is 19.9 Å². The molecule has 0 saturated carbocycles. The number of aromatic nitrogens is 2. The number of benzene rings is 1. The van der Waals surface area contributed by atoms with Crippen LogP contribution in [0.4, 0.5) is 0 Å². The molecular weight excluding hydrogens is 236 g/mol. The Morgan fingerprint density at radius 3 is 2.94 bits per heavy atom. The highest BCUT2D eigenvalue weighted by atomic mass is 32.2. The van der Waals surface area contributed by atoms with Gasteiger partial charge < -0.3 is 9.55 Å². The maximum Gasteiger partial charge on any atom is 0.178 e. The first-order chi connectivity index (χ1) is 7.65. The molecule has 0 fully saturated rings. The van der Waals surface area contributed by atoms with Crippen LogP contribution in [0.1, 0.15) is 18.5 Å². The fraction of sp³-hybridized carbons (Fsp3) is 0.417. The first-order valence-electron chi connectivity index (χ1n) is 5.34. The van der Waals surface area contributed by atoms with Gasteiger partial charge >= 0.3 is 0 Å². The lowest BCUT2D eigenvalue weighted by Gasteiger charge is -2.13. The minimum absolute atomic E-state index is 0.429. The summed E-state index contributed by atoms with van der Waals surface area (Å²) in [4.78, 5) is 3.30.